The van der Waals surface area contributed by atoms with Gasteiger partial charge in [0.05, 0.1) is 22.0 Å². The number of rotatable bonds is 4. The molecule has 1 N–H and O–H groups in total. The lowest BCUT2D eigenvalue weighted by Crippen LogP contribution is -2.16. The highest BCUT2D eigenvalue weighted by Gasteiger charge is 2.20. The molecule has 1 amide bonds. The smallest absolute Gasteiger partial charge is 0.234 e. The van der Waals surface area contributed by atoms with E-state index in [4.69, 9.17) is 23.2 Å². The van der Waals surface area contributed by atoms with E-state index >= 15 is 0 Å². The fourth-order valence-electron chi connectivity index (χ4n) is 2.93. The van der Waals surface area contributed by atoms with Gasteiger partial charge in [-0.1, -0.05) is 41.9 Å². The van der Waals surface area contributed by atoms with Crippen molar-refractivity contribution in [3.05, 3.63) is 51.1 Å². The predicted molar refractivity (Wildman–Crippen MR) is 106 cm³/mol. The number of carbonyl (C=O) groups excluding carboxylic acids is 1. The molecule has 1 unspecified atom stereocenters. The van der Waals surface area contributed by atoms with Crippen LogP contribution < -0.4 is 5.32 Å². The maximum atomic E-state index is 12.2. The Morgan fingerprint density at radius 1 is 1.42 bits per heavy atom. The number of aromatic nitrogens is 1. The number of hydrogen-bond donors (Lipinski definition) is 1. The number of carbonyl (C=O) groups is 1. The molecule has 4 nitrogen and oxygen atoms in total. The van der Waals surface area contributed by atoms with Crippen molar-refractivity contribution in [3.8, 4) is 6.07 Å². The van der Waals surface area contributed by atoms with Crippen LogP contribution in [0.5, 0.6) is 0 Å². The van der Waals surface area contributed by atoms with Crippen LogP contribution in [0, 0.1) is 17.2 Å². The fourth-order valence-corrected chi connectivity index (χ4v) is 4.16. The number of pyridine rings is 1. The molecule has 0 fully saturated rings. The Morgan fingerprint density at radius 3 is 2.96 bits per heavy atom. The van der Waals surface area contributed by atoms with Crippen LogP contribution in [0.2, 0.25) is 10.0 Å². The summed E-state index contributed by atoms with van der Waals surface area (Å²) in [5, 5.41) is 13.7. The highest BCUT2D eigenvalue weighted by atomic mass is 35.5. The zero-order valence-electron chi connectivity index (χ0n) is 14.2. The van der Waals surface area contributed by atoms with Crippen LogP contribution in [0.1, 0.15) is 30.2 Å². The number of benzene rings is 1. The van der Waals surface area contributed by atoms with Crippen LogP contribution in [0.3, 0.4) is 0 Å². The molecule has 0 bridgehead atoms. The number of nitrogens with one attached hydrogen (secondary N) is 1. The third kappa shape index (κ3) is 4.50. The molecule has 26 heavy (non-hydrogen) atoms. The molecule has 0 spiro atoms. The molecule has 1 heterocycles. The van der Waals surface area contributed by atoms with Crippen LogP contribution in [0.25, 0.3) is 0 Å². The van der Waals surface area contributed by atoms with Gasteiger partial charge in [-0.2, -0.15) is 5.26 Å². The summed E-state index contributed by atoms with van der Waals surface area (Å²) in [6, 6.07) is 9.02. The topological polar surface area (TPSA) is 65.8 Å². The highest BCUT2D eigenvalue weighted by molar-refractivity contribution is 8.00. The number of fused-ring (bicyclic) bond motifs is 1. The minimum absolute atomic E-state index is 0.149. The number of aryl methyl sites for hydroxylation is 1. The SMILES string of the molecule is CC1CCc2nc(SCC(=O)Nc3ccc(Cl)cc3Cl)c(C#N)cc2C1. The molecular formula is C19H17Cl2N3OS. The normalized spacial score (nSPS) is 15.8. The summed E-state index contributed by atoms with van der Waals surface area (Å²) in [4.78, 5) is 16.9. The van der Waals surface area contributed by atoms with Crippen LogP contribution in [-0.4, -0.2) is 16.6 Å². The minimum Gasteiger partial charge on any atom is -0.324 e. The Morgan fingerprint density at radius 2 is 2.23 bits per heavy atom. The Balaban J connectivity index is 1.69. The number of nitrogens with zero attached hydrogens (tertiary/aromatic N) is 2. The molecule has 1 aliphatic rings. The number of hydrogen-bond acceptors (Lipinski definition) is 4. The summed E-state index contributed by atoms with van der Waals surface area (Å²) in [5.74, 6) is 0.552. The Hall–Kier alpha value is -1.74. The summed E-state index contributed by atoms with van der Waals surface area (Å²) in [7, 11) is 0. The number of anilines is 1. The van der Waals surface area contributed by atoms with Crippen molar-refractivity contribution < 1.29 is 4.79 Å². The monoisotopic (exact) mass is 405 g/mol. The van der Waals surface area contributed by atoms with Crippen molar-refractivity contribution >= 4 is 46.6 Å². The van der Waals surface area contributed by atoms with Gasteiger partial charge in [0.2, 0.25) is 5.91 Å². The standard InChI is InChI=1S/C19H17Cl2N3OS/c1-11-2-4-16-12(6-11)7-13(9-22)19(24-16)26-10-18(25)23-17-5-3-14(20)8-15(17)21/h3,5,7-8,11H,2,4,6,10H2,1H3,(H,23,25). The summed E-state index contributed by atoms with van der Waals surface area (Å²) < 4.78 is 0. The predicted octanol–water partition coefficient (Wildman–Crippen LogP) is 5.12. The molecule has 0 aliphatic heterocycles. The lowest BCUT2D eigenvalue weighted by molar-refractivity contribution is -0.113. The molecule has 0 saturated heterocycles. The van der Waals surface area contributed by atoms with E-state index in [1.807, 2.05) is 6.07 Å². The summed E-state index contributed by atoms with van der Waals surface area (Å²) in [6.07, 6.45) is 2.98. The van der Waals surface area contributed by atoms with Crippen LogP contribution in [0.4, 0.5) is 5.69 Å². The molecule has 1 aromatic heterocycles. The van der Waals surface area contributed by atoms with Crippen LogP contribution in [-0.2, 0) is 17.6 Å². The average Bonchev–Trinajstić information content (AvgIpc) is 2.61. The lowest BCUT2D eigenvalue weighted by Gasteiger charge is -2.21. The fraction of sp³-hybridized carbons (Fsp3) is 0.316. The van der Waals surface area contributed by atoms with Crippen molar-refractivity contribution in [2.24, 2.45) is 5.92 Å². The molecule has 1 aromatic carbocycles. The molecular weight excluding hydrogens is 389 g/mol. The molecule has 1 aliphatic carbocycles. The Kier molecular flexibility index (Phi) is 6.08. The van der Waals surface area contributed by atoms with Crippen LogP contribution >= 0.6 is 35.0 Å². The van der Waals surface area contributed by atoms with Gasteiger partial charge in [0.25, 0.3) is 0 Å². The van der Waals surface area contributed by atoms with Crippen molar-refractivity contribution in [2.75, 3.05) is 11.1 Å². The van der Waals surface area contributed by atoms with Crippen LogP contribution in [0.15, 0.2) is 29.3 Å². The van der Waals surface area contributed by atoms with Gasteiger partial charge >= 0.3 is 0 Å². The van der Waals surface area contributed by atoms with Crippen molar-refractivity contribution in [3.63, 3.8) is 0 Å². The first kappa shape index (κ1) is 19.0. The van der Waals surface area contributed by atoms with E-state index in [0.29, 0.717) is 32.2 Å². The molecule has 0 saturated carbocycles. The van der Waals surface area contributed by atoms with Crippen molar-refractivity contribution in [1.82, 2.24) is 4.98 Å². The maximum absolute atomic E-state index is 12.2. The maximum Gasteiger partial charge on any atom is 0.234 e. The Labute approximate surface area is 166 Å². The van der Waals surface area contributed by atoms with Gasteiger partial charge in [-0.05, 0) is 55.0 Å². The van der Waals surface area contributed by atoms with Gasteiger partial charge in [0, 0.05) is 10.7 Å². The molecule has 1 atom stereocenters. The zero-order chi connectivity index (χ0) is 18.7. The number of amides is 1. The van der Waals surface area contributed by atoms with Gasteiger partial charge in [-0.15, -0.1) is 0 Å². The molecule has 3 rings (SSSR count). The van der Waals surface area contributed by atoms with Gasteiger partial charge in [-0.25, -0.2) is 4.98 Å². The third-order valence-corrected chi connectivity index (χ3v) is 5.80. The second kappa shape index (κ2) is 8.30. The summed E-state index contributed by atoms with van der Waals surface area (Å²) in [5.41, 5.74) is 3.24. The molecule has 0 radical (unpaired) electrons. The van der Waals surface area contributed by atoms with E-state index in [2.05, 4.69) is 23.3 Å². The first-order valence-electron chi connectivity index (χ1n) is 8.27. The van der Waals surface area contributed by atoms with Gasteiger partial charge in [0.15, 0.2) is 0 Å². The van der Waals surface area contributed by atoms with E-state index in [9.17, 15) is 10.1 Å². The largest absolute Gasteiger partial charge is 0.324 e. The number of halogens is 2. The average molecular weight is 406 g/mol. The Bertz CT molecular complexity index is 895. The van der Waals surface area contributed by atoms with E-state index < -0.39 is 0 Å². The molecule has 7 heteroatoms. The lowest BCUT2D eigenvalue weighted by atomic mass is 9.87. The number of nitriles is 1. The third-order valence-electron chi connectivity index (χ3n) is 4.26. The second-order valence-electron chi connectivity index (χ2n) is 6.37. The minimum atomic E-state index is -0.212. The quantitative estimate of drug-likeness (QED) is 0.716. The second-order valence-corrected chi connectivity index (χ2v) is 8.18. The first-order chi connectivity index (χ1) is 12.5. The summed E-state index contributed by atoms with van der Waals surface area (Å²) >= 11 is 13.2. The molecule has 134 valence electrons. The van der Waals surface area contributed by atoms with E-state index in [-0.39, 0.29) is 11.7 Å². The van der Waals surface area contributed by atoms with Gasteiger partial charge < -0.3 is 5.32 Å². The van der Waals surface area contributed by atoms with Gasteiger partial charge in [0.1, 0.15) is 11.1 Å². The first-order valence-corrected chi connectivity index (χ1v) is 10.0. The van der Waals surface area contributed by atoms with Crippen molar-refractivity contribution in [1.29, 1.82) is 5.26 Å². The van der Waals surface area contributed by atoms with Gasteiger partial charge in [-0.3, -0.25) is 4.79 Å². The summed E-state index contributed by atoms with van der Waals surface area (Å²) in [6.45, 7) is 2.21. The van der Waals surface area contributed by atoms with E-state index in [1.165, 1.54) is 11.8 Å². The number of thioether (sulfide) groups is 1. The van der Waals surface area contributed by atoms with E-state index in [0.717, 1.165) is 30.5 Å². The van der Waals surface area contributed by atoms with E-state index in [1.54, 1.807) is 18.2 Å². The van der Waals surface area contributed by atoms with Crippen molar-refractivity contribution in [2.45, 2.75) is 31.2 Å². The zero-order valence-corrected chi connectivity index (χ0v) is 16.5. The molecule has 2 aromatic rings. The highest BCUT2D eigenvalue weighted by Crippen LogP contribution is 2.30.